The molecule has 0 saturated heterocycles. The molecule has 122 valence electrons. The van der Waals surface area contributed by atoms with Gasteiger partial charge in [0.1, 0.15) is 11.5 Å². The molecule has 4 heteroatoms. The summed E-state index contributed by atoms with van der Waals surface area (Å²) in [5.74, 6) is 0.594. The van der Waals surface area contributed by atoms with Crippen LogP contribution in [0.1, 0.15) is 57.4 Å². The van der Waals surface area contributed by atoms with Gasteiger partial charge in [0.05, 0.1) is 17.6 Å². The molecule has 1 aromatic carbocycles. The number of ketones is 1. The Hall–Kier alpha value is -2.15. The Morgan fingerprint density at radius 3 is 2.30 bits per heavy atom. The van der Waals surface area contributed by atoms with Crippen molar-refractivity contribution < 1.29 is 14.3 Å². The van der Waals surface area contributed by atoms with Gasteiger partial charge in [-0.25, -0.2) is 0 Å². The lowest BCUT2D eigenvalue weighted by molar-refractivity contribution is -0.141. The Labute approximate surface area is 137 Å². The number of esters is 1. The van der Waals surface area contributed by atoms with Crippen LogP contribution >= 0.6 is 0 Å². The molecule has 1 fully saturated rings. The molecule has 1 saturated carbocycles. The number of carbonyl (C=O) groups excluding carboxylic acids is 2. The van der Waals surface area contributed by atoms with Crippen LogP contribution in [0.5, 0.6) is 5.75 Å². The quantitative estimate of drug-likeness (QED) is 0.587. The zero-order valence-electron chi connectivity index (χ0n) is 13.6. The van der Waals surface area contributed by atoms with Crippen LogP contribution in [0.25, 0.3) is 0 Å². The number of hydrogen-bond donors (Lipinski definition) is 0. The number of carbonyl (C=O) groups is 2. The lowest BCUT2D eigenvalue weighted by Gasteiger charge is -2.26. The fourth-order valence-electron chi connectivity index (χ4n) is 3.00. The zero-order chi connectivity index (χ0) is 16.7. The summed E-state index contributed by atoms with van der Waals surface area (Å²) in [6.07, 6.45) is 5.68. The molecule has 0 atom stereocenters. The normalized spacial score (nSPS) is 20.5. The van der Waals surface area contributed by atoms with E-state index in [1.807, 2.05) is 6.07 Å². The summed E-state index contributed by atoms with van der Waals surface area (Å²) in [5, 5.41) is 8.75. The molecule has 0 radical (unpaired) electrons. The lowest BCUT2D eigenvalue weighted by atomic mass is 9.79. The van der Waals surface area contributed by atoms with Crippen molar-refractivity contribution in [2.75, 3.05) is 0 Å². The first-order chi connectivity index (χ1) is 11.1. The first-order valence-electron chi connectivity index (χ1n) is 8.38. The zero-order valence-corrected chi connectivity index (χ0v) is 13.6. The molecule has 23 heavy (non-hydrogen) atoms. The SMILES string of the molecule is CCCCC(=O)[C@H]1CC[C@H](C(=O)Oc2ccc(C#N)cc2)CC1. The minimum absolute atomic E-state index is 0.124. The Bertz CT molecular complexity index is 578. The molecule has 0 unspecified atom stereocenters. The predicted octanol–water partition coefficient (Wildman–Crippen LogP) is 4.03. The molecule has 0 bridgehead atoms. The molecular weight excluding hydrogens is 290 g/mol. The average molecular weight is 313 g/mol. The molecule has 4 nitrogen and oxygen atoms in total. The van der Waals surface area contributed by atoms with E-state index >= 15 is 0 Å². The maximum absolute atomic E-state index is 12.2. The van der Waals surface area contributed by atoms with E-state index in [0.29, 0.717) is 23.5 Å². The van der Waals surface area contributed by atoms with E-state index in [0.717, 1.165) is 38.5 Å². The molecule has 0 amide bonds. The molecule has 0 aliphatic heterocycles. The fraction of sp³-hybridized carbons (Fsp3) is 0.526. The van der Waals surface area contributed by atoms with E-state index in [4.69, 9.17) is 10.00 Å². The Morgan fingerprint density at radius 1 is 1.13 bits per heavy atom. The van der Waals surface area contributed by atoms with Gasteiger partial charge in [0.15, 0.2) is 0 Å². The van der Waals surface area contributed by atoms with Crippen molar-refractivity contribution in [2.24, 2.45) is 11.8 Å². The van der Waals surface area contributed by atoms with Gasteiger partial charge in [0.2, 0.25) is 0 Å². The van der Waals surface area contributed by atoms with Crippen LogP contribution in [0.3, 0.4) is 0 Å². The van der Waals surface area contributed by atoms with Crippen molar-refractivity contribution in [3.05, 3.63) is 29.8 Å². The van der Waals surface area contributed by atoms with E-state index in [2.05, 4.69) is 6.92 Å². The van der Waals surface area contributed by atoms with Crippen molar-refractivity contribution in [3.63, 3.8) is 0 Å². The van der Waals surface area contributed by atoms with Gasteiger partial charge in [0, 0.05) is 12.3 Å². The number of hydrogen-bond acceptors (Lipinski definition) is 4. The van der Waals surface area contributed by atoms with Crippen LogP contribution in [-0.2, 0) is 9.59 Å². The monoisotopic (exact) mass is 313 g/mol. The van der Waals surface area contributed by atoms with Crippen LogP contribution in [0, 0.1) is 23.2 Å². The third kappa shape index (κ3) is 4.92. The van der Waals surface area contributed by atoms with Gasteiger partial charge in [-0.3, -0.25) is 9.59 Å². The molecule has 0 N–H and O–H groups in total. The largest absolute Gasteiger partial charge is 0.426 e. The Kier molecular flexibility index (Phi) is 6.34. The van der Waals surface area contributed by atoms with E-state index in [9.17, 15) is 9.59 Å². The Balaban J connectivity index is 1.81. The third-order valence-corrected chi connectivity index (χ3v) is 4.49. The maximum Gasteiger partial charge on any atom is 0.314 e. The van der Waals surface area contributed by atoms with Gasteiger partial charge in [-0.15, -0.1) is 0 Å². The summed E-state index contributed by atoms with van der Waals surface area (Å²) in [5.41, 5.74) is 0.538. The number of benzene rings is 1. The van der Waals surface area contributed by atoms with Gasteiger partial charge >= 0.3 is 5.97 Å². The average Bonchev–Trinajstić information content (AvgIpc) is 2.60. The van der Waals surface area contributed by atoms with E-state index in [1.165, 1.54) is 0 Å². The minimum atomic E-state index is -0.228. The number of nitrogens with zero attached hydrogens (tertiary/aromatic N) is 1. The smallest absolute Gasteiger partial charge is 0.314 e. The minimum Gasteiger partial charge on any atom is -0.426 e. The highest BCUT2D eigenvalue weighted by Gasteiger charge is 2.30. The molecule has 1 aliphatic carbocycles. The van der Waals surface area contributed by atoms with Gasteiger partial charge < -0.3 is 4.74 Å². The number of rotatable bonds is 6. The van der Waals surface area contributed by atoms with Crippen LogP contribution in [-0.4, -0.2) is 11.8 Å². The van der Waals surface area contributed by atoms with Crippen LogP contribution < -0.4 is 4.74 Å². The fourth-order valence-corrected chi connectivity index (χ4v) is 3.00. The molecule has 0 spiro atoms. The summed E-state index contributed by atoms with van der Waals surface area (Å²) in [4.78, 5) is 24.2. The molecule has 1 aromatic rings. The second-order valence-electron chi connectivity index (χ2n) is 6.18. The van der Waals surface area contributed by atoms with Crippen LogP contribution in [0.2, 0.25) is 0 Å². The van der Waals surface area contributed by atoms with Crippen molar-refractivity contribution >= 4 is 11.8 Å². The number of nitriles is 1. The van der Waals surface area contributed by atoms with Crippen molar-refractivity contribution in [2.45, 2.75) is 51.9 Å². The highest BCUT2D eigenvalue weighted by atomic mass is 16.5. The summed E-state index contributed by atoms with van der Waals surface area (Å²) in [6.45, 7) is 2.09. The molecule has 1 aliphatic rings. The van der Waals surface area contributed by atoms with Gasteiger partial charge in [0.25, 0.3) is 0 Å². The Morgan fingerprint density at radius 2 is 1.74 bits per heavy atom. The third-order valence-electron chi connectivity index (χ3n) is 4.49. The molecule has 2 rings (SSSR count). The predicted molar refractivity (Wildman–Crippen MR) is 86.8 cm³/mol. The van der Waals surface area contributed by atoms with Gasteiger partial charge in [-0.05, 0) is 56.4 Å². The van der Waals surface area contributed by atoms with Crippen molar-refractivity contribution in [1.29, 1.82) is 5.26 Å². The van der Waals surface area contributed by atoms with Gasteiger partial charge in [-0.1, -0.05) is 13.3 Å². The first-order valence-corrected chi connectivity index (χ1v) is 8.38. The highest BCUT2D eigenvalue weighted by molar-refractivity contribution is 5.81. The standard InChI is InChI=1S/C19H23NO3/c1-2-3-4-18(21)15-7-9-16(10-8-15)19(22)23-17-11-5-14(13-20)6-12-17/h5-6,11-12,15-16H,2-4,7-10H2,1H3/t15-,16-. The van der Waals surface area contributed by atoms with E-state index in [1.54, 1.807) is 24.3 Å². The first kappa shape index (κ1) is 17.2. The lowest BCUT2D eigenvalue weighted by Crippen LogP contribution is -2.28. The topological polar surface area (TPSA) is 67.2 Å². The maximum atomic E-state index is 12.2. The highest BCUT2D eigenvalue weighted by Crippen LogP contribution is 2.31. The summed E-state index contributed by atoms with van der Waals surface area (Å²) in [6, 6.07) is 8.56. The van der Waals surface area contributed by atoms with Crippen LogP contribution in [0.4, 0.5) is 0 Å². The summed E-state index contributed by atoms with van der Waals surface area (Å²) < 4.78 is 5.38. The number of unbranched alkanes of at least 4 members (excludes halogenated alkanes) is 1. The second-order valence-corrected chi connectivity index (χ2v) is 6.18. The summed E-state index contributed by atoms with van der Waals surface area (Å²) in [7, 11) is 0. The number of Topliss-reactive ketones (excluding diaryl/α,β-unsaturated/α-hetero) is 1. The molecule has 0 aromatic heterocycles. The van der Waals surface area contributed by atoms with Crippen molar-refractivity contribution in [1.82, 2.24) is 0 Å². The van der Waals surface area contributed by atoms with E-state index < -0.39 is 0 Å². The molecular formula is C19H23NO3. The number of ether oxygens (including phenoxy) is 1. The molecule has 0 heterocycles. The van der Waals surface area contributed by atoms with Crippen molar-refractivity contribution in [3.8, 4) is 11.8 Å². The summed E-state index contributed by atoms with van der Waals surface area (Å²) >= 11 is 0. The van der Waals surface area contributed by atoms with E-state index in [-0.39, 0.29) is 17.8 Å². The van der Waals surface area contributed by atoms with Crippen LogP contribution in [0.15, 0.2) is 24.3 Å². The van der Waals surface area contributed by atoms with Gasteiger partial charge in [-0.2, -0.15) is 5.26 Å². The second kappa shape index (κ2) is 8.47.